The highest BCUT2D eigenvalue weighted by Crippen LogP contribution is 2.21. The Hall–Kier alpha value is -6.38. The van der Waals surface area contributed by atoms with Crippen LogP contribution < -0.4 is 21.5 Å². The fourth-order valence-electron chi connectivity index (χ4n) is 5.09. The van der Waals surface area contributed by atoms with Crippen LogP contribution in [0.15, 0.2) is 207 Å². The van der Waals surface area contributed by atoms with Crippen LogP contribution in [-0.2, 0) is 0 Å². The van der Waals surface area contributed by atoms with Crippen LogP contribution in [0.3, 0.4) is 0 Å². The highest BCUT2D eigenvalue weighted by atomic mass is 14.8. The quantitative estimate of drug-likeness (QED) is 0.136. The van der Waals surface area contributed by atoms with Gasteiger partial charge in [0, 0.05) is 11.9 Å². The molecule has 0 aliphatic heterocycles. The number of benzene rings is 5. The summed E-state index contributed by atoms with van der Waals surface area (Å²) in [4.78, 5) is 0. The lowest BCUT2D eigenvalue weighted by atomic mass is 9.99. The van der Waals surface area contributed by atoms with Gasteiger partial charge in [-0.25, -0.2) is 0 Å². The second-order valence-electron chi connectivity index (χ2n) is 10.9. The van der Waals surface area contributed by atoms with Crippen LogP contribution in [-0.4, -0.2) is 0 Å². The second-order valence-corrected chi connectivity index (χ2v) is 10.9. The van der Waals surface area contributed by atoms with Gasteiger partial charge in [0.05, 0.1) is 0 Å². The van der Waals surface area contributed by atoms with Crippen molar-refractivity contribution in [1.82, 2.24) is 0 Å². The van der Waals surface area contributed by atoms with E-state index in [4.69, 9.17) is 5.73 Å². The Kier molecular flexibility index (Phi) is 12.8. The minimum absolute atomic E-state index is 1.02. The Morgan fingerprint density at radius 1 is 0.521 bits per heavy atom. The SMILES string of the molecule is N/C=C/C=c1\c(C(/C=C\C=C\C=C/C=C\c2ccccc2)=C\C=C\Nc2ccc(-c3ccccc3)cc2)ccc\c1=C\c1ccccc1. The first-order valence-electron chi connectivity index (χ1n) is 16.1. The summed E-state index contributed by atoms with van der Waals surface area (Å²) < 4.78 is 0. The molecule has 0 spiro atoms. The third-order valence-electron chi connectivity index (χ3n) is 7.48. The molecule has 234 valence electrons. The van der Waals surface area contributed by atoms with Gasteiger partial charge in [-0.05, 0) is 80.4 Å². The molecule has 5 rings (SSSR count). The lowest BCUT2D eigenvalue weighted by molar-refractivity contribution is 1.45. The Morgan fingerprint density at radius 2 is 1.15 bits per heavy atom. The molecule has 0 fully saturated rings. The predicted octanol–water partition coefficient (Wildman–Crippen LogP) is 9.83. The minimum atomic E-state index is 1.02. The fraction of sp³-hybridized carbons (Fsp3) is 0. The molecule has 5 aromatic rings. The summed E-state index contributed by atoms with van der Waals surface area (Å²) in [6, 6.07) is 45.9. The van der Waals surface area contributed by atoms with Crippen molar-refractivity contribution >= 4 is 29.5 Å². The predicted molar refractivity (Wildman–Crippen MR) is 209 cm³/mol. The smallest absolute Gasteiger partial charge is 0.0380 e. The molecule has 0 saturated carbocycles. The van der Waals surface area contributed by atoms with Gasteiger partial charge in [-0.1, -0.05) is 182 Å². The molecule has 3 N–H and O–H groups in total. The number of anilines is 1. The largest absolute Gasteiger partial charge is 0.405 e. The van der Waals surface area contributed by atoms with Gasteiger partial charge in [0.2, 0.25) is 0 Å². The van der Waals surface area contributed by atoms with Crippen LogP contribution >= 0.6 is 0 Å². The molecule has 0 aromatic heterocycles. The molecule has 0 atom stereocenters. The highest BCUT2D eigenvalue weighted by molar-refractivity contribution is 5.77. The van der Waals surface area contributed by atoms with Crippen molar-refractivity contribution in [2.45, 2.75) is 0 Å². The van der Waals surface area contributed by atoms with Crippen molar-refractivity contribution < 1.29 is 0 Å². The Labute approximate surface area is 284 Å². The van der Waals surface area contributed by atoms with Crippen molar-refractivity contribution in [2.24, 2.45) is 5.73 Å². The van der Waals surface area contributed by atoms with Gasteiger partial charge in [-0.2, -0.15) is 0 Å². The van der Waals surface area contributed by atoms with Crippen LogP contribution in [0.4, 0.5) is 5.69 Å². The molecular weight excluding hydrogens is 581 g/mol. The average molecular weight is 621 g/mol. The number of nitrogens with one attached hydrogen (secondary N) is 1. The van der Waals surface area contributed by atoms with E-state index < -0.39 is 0 Å². The van der Waals surface area contributed by atoms with Gasteiger partial charge in [0.15, 0.2) is 0 Å². The maximum atomic E-state index is 5.79. The molecule has 0 bridgehead atoms. The van der Waals surface area contributed by atoms with Crippen molar-refractivity contribution in [3.05, 3.63) is 234 Å². The molecule has 0 amide bonds. The normalized spacial score (nSPS) is 13.4. The topological polar surface area (TPSA) is 38.0 Å². The van der Waals surface area contributed by atoms with E-state index in [9.17, 15) is 0 Å². The van der Waals surface area contributed by atoms with Crippen molar-refractivity contribution in [3.63, 3.8) is 0 Å². The minimum Gasteiger partial charge on any atom is -0.405 e. The molecule has 48 heavy (non-hydrogen) atoms. The van der Waals surface area contributed by atoms with E-state index in [2.05, 4.69) is 145 Å². The number of hydrogen-bond donors (Lipinski definition) is 2. The van der Waals surface area contributed by atoms with E-state index in [-0.39, 0.29) is 0 Å². The van der Waals surface area contributed by atoms with Gasteiger partial charge in [-0.15, -0.1) is 0 Å². The van der Waals surface area contributed by atoms with E-state index in [1.54, 1.807) is 6.20 Å². The monoisotopic (exact) mass is 620 g/mol. The molecule has 5 aromatic carbocycles. The lowest BCUT2D eigenvalue weighted by Gasteiger charge is -2.06. The summed E-state index contributed by atoms with van der Waals surface area (Å²) in [5.41, 5.74) is 13.7. The van der Waals surface area contributed by atoms with E-state index in [1.165, 1.54) is 16.7 Å². The van der Waals surface area contributed by atoms with E-state index in [0.717, 1.165) is 32.8 Å². The van der Waals surface area contributed by atoms with Crippen LogP contribution in [0.25, 0.3) is 34.9 Å². The standard InChI is InChI=1S/C46H40N2/c47-35-17-30-46-43(37-39-22-11-6-12-23-39)27-16-29-45(46)42(26-13-4-2-1-3-8-19-38-20-9-5-10-21-38)28-18-36-48-44-33-31-41(32-34-44)40-24-14-7-15-25-40/h1-37,48H,47H2/b3-1-,4-2+,19-8-,26-13-,35-17+,36-18+,42-28-,43-37-,46-30-. The fourth-order valence-corrected chi connectivity index (χ4v) is 5.09. The second kappa shape index (κ2) is 18.6. The molecule has 0 heterocycles. The van der Waals surface area contributed by atoms with Crippen molar-refractivity contribution in [3.8, 4) is 11.1 Å². The van der Waals surface area contributed by atoms with Gasteiger partial charge >= 0.3 is 0 Å². The van der Waals surface area contributed by atoms with Crippen molar-refractivity contribution in [2.75, 3.05) is 5.32 Å². The molecular formula is C46H40N2. The maximum absolute atomic E-state index is 5.79. The zero-order valence-corrected chi connectivity index (χ0v) is 26.9. The molecule has 0 unspecified atom stereocenters. The summed E-state index contributed by atoms with van der Waals surface area (Å²) in [7, 11) is 0. The number of hydrogen-bond acceptors (Lipinski definition) is 2. The van der Waals surface area contributed by atoms with E-state index >= 15 is 0 Å². The zero-order chi connectivity index (χ0) is 33.1. The van der Waals surface area contributed by atoms with Gasteiger partial charge in [0.25, 0.3) is 0 Å². The van der Waals surface area contributed by atoms with Gasteiger partial charge in [0.1, 0.15) is 0 Å². The van der Waals surface area contributed by atoms with Gasteiger partial charge < -0.3 is 11.1 Å². The average Bonchev–Trinajstić information content (AvgIpc) is 3.14. The first-order chi connectivity index (χ1) is 23.8. The number of nitrogens with two attached hydrogens (primary N) is 1. The first kappa shape index (κ1) is 33.0. The number of rotatable bonds is 12. The number of allylic oxidation sites excluding steroid dienone is 11. The molecule has 0 radical (unpaired) electrons. The first-order valence-corrected chi connectivity index (χ1v) is 16.1. The molecule has 0 aliphatic rings. The van der Waals surface area contributed by atoms with E-state index in [0.29, 0.717) is 0 Å². The molecule has 0 saturated heterocycles. The lowest BCUT2D eigenvalue weighted by Crippen LogP contribution is -2.28. The highest BCUT2D eigenvalue weighted by Gasteiger charge is 2.02. The summed E-state index contributed by atoms with van der Waals surface area (Å²) >= 11 is 0. The summed E-state index contributed by atoms with van der Waals surface area (Å²) in [6.45, 7) is 0. The van der Waals surface area contributed by atoms with Crippen LogP contribution in [0.2, 0.25) is 0 Å². The Morgan fingerprint density at radius 3 is 1.85 bits per heavy atom. The third-order valence-corrected chi connectivity index (χ3v) is 7.48. The van der Waals surface area contributed by atoms with Crippen LogP contribution in [0.5, 0.6) is 0 Å². The molecule has 2 nitrogen and oxygen atoms in total. The van der Waals surface area contributed by atoms with Crippen molar-refractivity contribution in [1.29, 1.82) is 0 Å². The summed E-state index contributed by atoms with van der Waals surface area (Å²) in [5, 5.41) is 5.61. The summed E-state index contributed by atoms with van der Waals surface area (Å²) in [5.74, 6) is 0. The summed E-state index contributed by atoms with van der Waals surface area (Å²) in [6.07, 6.45) is 30.3. The van der Waals surface area contributed by atoms with E-state index in [1.807, 2.05) is 79.1 Å². The Balaban J connectivity index is 1.41. The molecule has 0 aliphatic carbocycles. The third kappa shape index (κ3) is 10.3. The van der Waals surface area contributed by atoms with Crippen LogP contribution in [0.1, 0.15) is 16.7 Å². The van der Waals surface area contributed by atoms with Crippen LogP contribution in [0, 0.1) is 0 Å². The van der Waals surface area contributed by atoms with Gasteiger partial charge in [-0.3, -0.25) is 0 Å². The Bertz CT molecular complexity index is 2060. The maximum Gasteiger partial charge on any atom is 0.0380 e. The molecule has 2 heteroatoms. The zero-order valence-electron chi connectivity index (χ0n) is 26.9.